The maximum Gasteiger partial charge on any atom is 0.319 e. The van der Waals surface area contributed by atoms with Gasteiger partial charge in [-0.1, -0.05) is 29.8 Å². The first kappa shape index (κ1) is 14.9. The summed E-state index contributed by atoms with van der Waals surface area (Å²) >= 11 is 0. The third-order valence-corrected chi connectivity index (χ3v) is 3.28. The minimum atomic E-state index is -0.240. The van der Waals surface area contributed by atoms with Crippen molar-refractivity contribution >= 4 is 11.7 Å². The van der Waals surface area contributed by atoms with Crippen molar-refractivity contribution in [2.45, 2.75) is 20.3 Å². The fraction of sp³-hybridized carbons (Fsp3) is 0.235. The lowest BCUT2D eigenvalue weighted by molar-refractivity contribution is 0.252. The number of rotatable bonds is 4. The van der Waals surface area contributed by atoms with E-state index >= 15 is 0 Å². The van der Waals surface area contributed by atoms with E-state index < -0.39 is 0 Å². The van der Waals surface area contributed by atoms with Crippen LogP contribution in [0.15, 0.2) is 42.5 Å². The van der Waals surface area contributed by atoms with Crippen LogP contribution in [0, 0.1) is 13.8 Å². The van der Waals surface area contributed by atoms with E-state index in [9.17, 15) is 9.90 Å². The largest absolute Gasteiger partial charge is 0.508 e. The Morgan fingerprint density at radius 1 is 1.10 bits per heavy atom. The maximum absolute atomic E-state index is 11.8. The Kier molecular flexibility index (Phi) is 4.82. The molecule has 0 fully saturated rings. The highest BCUT2D eigenvalue weighted by Crippen LogP contribution is 2.19. The number of hydrogen-bond donors (Lipinski definition) is 3. The van der Waals surface area contributed by atoms with Crippen LogP contribution in [-0.2, 0) is 6.42 Å². The number of hydrogen-bond acceptors (Lipinski definition) is 2. The minimum Gasteiger partial charge on any atom is -0.508 e. The summed E-state index contributed by atoms with van der Waals surface area (Å²) in [4.78, 5) is 11.8. The van der Waals surface area contributed by atoms with Gasteiger partial charge in [-0.05, 0) is 49.6 Å². The van der Waals surface area contributed by atoms with Crippen LogP contribution < -0.4 is 10.6 Å². The molecule has 0 radical (unpaired) electrons. The number of anilines is 1. The molecule has 110 valence electrons. The average molecular weight is 284 g/mol. The summed E-state index contributed by atoms with van der Waals surface area (Å²) < 4.78 is 0. The zero-order valence-electron chi connectivity index (χ0n) is 12.3. The molecule has 0 saturated heterocycles. The van der Waals surface area contributed by atoms with Gasteiger partial charge in [0.2, 0.25) is 0 Å². The summed E-state index contributed by atoms with van der Waals surface area (Å²) in [5.41, 5.74) is 3.94. The molecule has 2 amide bonds. The summed E-state index contributed by atoms with van der Waals surface area (Å²) in [5.74, 6) is 0.192. The lowest BCUT2D eigenvalue weighted by atomic mass is 10.1. The molecule has 0 heterocycles. The Bertz CT molecular complexity index is 621. The lowest BCUT2D eigenvalue weighted by Gasteiger charge is -2.10. The van der Waals surface area contributed by atoms with Gasteiger partial charge in [0.25, 0.3) is 0 Å². The molecule has 0 spiro atoms. The molecule has 0 bridgehead atoms. The van der Waals surface area contributed by atoms with Crippen molar-refractivity contribution in [3.63, 3.8) is 0 Å². The zero-order chi connectivity index (χ0) is 15.2. The molecule has 0 aliphatic carbocycles. The fourth-order valence-corrected chi connectivity index (χ4v) is 2.03. The first-order valence-corrected chi connectivity index (χ1v) is 6.94. The van der Waals surface area contributed by atoms with Crippen LogP contribution in [0.5, 0.6) is 5.75 Å². The highest BCUT2D eigenvalue weighted by Gasteiger charge is 2.04. The highest BCUT2D eigenvalue weighted by molar-refractivity contribution is 5.90. The van der Waals surface area contributed by atoms with Gasteiger partial charge in [0.05, 0.1) is 0 Å². The second kappa shape index (κ2) is 6.79. The van der Waals surface area contributed by atoms with Crippen LogP contribution in [0.2, 0.25) is 0 Å². The van der Waals surface area contributed by atoms with Gasteiger partial charge < -0.3 is 15.7 Å². The topological polar surface area (TPSA) is 61.4 Å². The van der Waals surface area contributed by atoms with E-state index in [4.69, 9.17) is 0 Å². The number of phenolic OH excluding ortho intramolecular Hbond substituents is 1. The Balaban J connectivity index is 1.81. The van der Waals surface area contributed by atoms with Crippen molar-refractivity contribution in [3.05, 3.63) is 59.2 Å². The molecular weight excluding hydrogens is 264 g/mol. The monoisotopic (exact) mass is 284 g/mol. The number of nitrogens with one attached hydrogen (secondary N) is 2. The average Bonchev–Trinajstić information content (AvgIpc) is 2.44. The summed E-state index contributed by atoms with van der Waals surface area (Å²) in [6.45, 7) is 4.46. The van der Waals surface area contributed by atoms with Gasteiger partial charge in [0.15, 0.2) is 0 Å². The first-order valence-electron chi connectivity index (χ1n) is 6.94. The molecule has 2 aromatic rings. The third-order valence-electron chi connectivity index (χ3n) is 3.28. The normalized spacial score (nSPS) is 10.2. The van der Waals surface area contributed by atoms with Crippen molar-refractivity contribution in [1.29, 1.82) is 0 Å². The van der Waals surface area contributed by atoms with Gasteiger partial charge in [-0.15, -0.1) is 0 Å². The molecule has 0 atom stereocenters. The van der Waals surface area contributed by atoms with Gasteiger partial charge in [-0.2, -0.15) is 0 Å². The van der Waals surface area contributed by atoms with Crippen LogP contribution in [0.1, 0.15) is 16.7 Å². The van der Waals surface area contributed by atoms with E-state index in [1.165, 1.54) is 11.1 Å². The van der Waals surface area contributed by atoms with Crippen molar-refractivity contribution in [2.75, 3.05) is 11.9 Å². The number of phenols is 1. The molecule has 2 aromatic carbocycles. The SMILES string of the molecule is Cc1ccc(CCNC(=O)Nc2ccc(O)cc2C)cc1. The van der Waals surface area contributed by atoms with Crippen molar-refractivity contribution in [1.82, 2.24) is 5.32 Å². The van der Waals surface area contributed by atoms with E-state index in [0.717, 1.165) is 12.0 Å². The zero-order valence-corrected chi connectivity index (χ0v) is 12.3. The second-order valence-corrected chi connectivity index (χ2v) is 5.12. The van der Waals surface area contributed by atoms with Crippen LogP contribution in [0.3, 0.4) is 0 Å². The van der Waals surface area contributed by atoms with Crippen LogP contribution in [-0.4, -0.2) is 17.7 Å². The van der Waals surface area contributed by atoms with E-state index in [1.54, 1.807) is 18.2 Å². The number of urea groups is 1. The molecule has 2 rings (SSSR count). The molecule has 4 nitrogen and oxygen atoms in total. The molecule has 3 N–H and O–H groups in total. The standard InChI is InChI=1S/C17H20N2O2/c1-12-3-5-14(6-4-12)9-10-18-17(21)19-16-8-7-15(20)11-13(16)2/h3-8,11,20H,9-10H2,1-2H3,(H2,18,19,21). The number of aromatic hydroxyl groups is 1. The summed E-state index contributed by atoms with van der Waals surface area (Å²) in [5, 5.41) is 14.9. The van der Waals surface area contributed by atoms with Crippen LogP contribution >= 0.6 is 0 Å². The molecule has 0 saturated carbocycles. The second-order valence-electron chi connectivity index (χ2n) is 5.12. The van der Waals surface area contributed by atoms with Crippen molar-refractivity contribution in [3.8, 4) is 5.75 Å². The number of carbonyl (C=O) groups excluding carboxylic acids is 1. The van der Waals surface area contributed by atoms with Gasteiger partial charge in [0.1, 0.15) is 5.75 Å². The summed E-state index contributed by atoms with van der Waals surface area (Å²) in [6.07, 6.45) is 0.794. The Hall–Kier alpha value is -2.49. The van der Waals surface area contributed by atoms with E-state index in [-0.39, 0.29) is 11.8 Å². The van der Waals surface area contributed by atoms with Crippen LogP contribution in [0.4, 0.5) is 10.5 Å². The Labute approximate surface area is 124 Å². The highest BCUT2D eigenvalue weighted by atomic mass is 16.3. The minimum absolute atomic E-state index is 0.192. The van der Waals surface area contributed by atoms with Gasteiger partial charge in [-0.25, -0.2) is 4.79 Å². The van der Waals surface area contributed by atoms with Gasteiger partial charge in [-0.3, -0.25) is 0 Å². The lowest BCUT2D eigenvalue weighted by Crippen LogP contribution is -2.30. The number of amides is 2. The van der Waals surface area contributed by atoms with Gasteiger partial charge >= 0.3 is 6.03 Å². The molecule has 21 heavy (non-hydrogen) atoms. The van der Waals surface area contributed by atoms with Crippen LogP contribution in [0.25, 0.3) is 0 Å². The molecular formula is C17H20N2O2. The summed E-state index contributed by atoms with van der Waals surface area (Å²) in [6, 6.07) is 12.9. The maximum atomic E-state index is 11.8. The predicted octanol–water partition coefficient (Wildman–Crippen LogP) is 3.37. The van der Waals surface area contributed by atoms with E-state index in [2.05, 4.69) is 41.8 Å². The quantitative estimate of drug-likeness (QED) is 0.754. The molecule has 0 aliphatic rings. The molecule has 0 aromatic heterocycles. The summed E-state index contributed by atoms with van der Waals surface area (Å²) in [7, 11) is 0. The number of aryl methyl sites for hydroxylation is 2. The molecule has 4 heteroatoms. The smallest absolute Gasteiger partial charge is 0.319 e. The van der Waals surface area contributed by atoms with Gasteiger partial charge in [0, 0.05) is 12.2 Å². The number of benzene rings is 2. The Morgan fingerprint density at radius 2 is 1.81 bits per heavy atom. The van der Waals surface area contributed by atoms with E-state index in [1.807, 2.05) is 6.92 Å². The van der Waals surface area contributed by atoms with Crippen molar-refractivity contribution < 1.29 is 9.90 Å². The number of carbonyl (C=O) groups is 1. The van der Waals surface area contributed by atoms with E-state index in [0.29, 0.717) is 12.2 Å². The predicted molar refractivity (Wildman–Crippen MR) is 84.7 cm³/mol. The molecule has 0 aliphatic heterocycles. The fourth-order valence-electron chi connectivity index (χ4n) is 2.03. The Morgan fingerprint density at radius 3 is 2.48 bits per heavy atom. The molecule has 0 unspecified atom stereocenters. The van der Waals surface area contributed by atoms with Crippen molar-refractivity contribution in [2.24, 2.45) is 0 Å². The third kappa shape index (κ3) is 4.53. The first-order chi connectivity index (χ1) is 10.0.